The molecule has 0 spiro atoms. The summed E-state index contributed by atoms with van der Waals surface area (Å²) in [6, 6.07) is 12.5. The Hall–Kier alpha value is -2.57. The van der Waals surface area contributed by atoms with Gasteiger partial charge in [0.2, 0.25) is 11.8 Å². The summed E-state index contributed by atoms with van der Waals surface area (Å²) in [7, 11) is 0. The highest BCUT2D eigenvalue weighted by Gasteiger charge is 2.17. The van der Waals surface area contributed by atoms with Gasteiger partial charge in [0.1, 0.15) is 0 Å². The van der Waals surface area contributed by atoms with Gasteiger partial charge in [-0.25, -0.2) is 0 Å². The van der Waals surface area contributed by atoms with Crippen molar-refractivity contribution in [3.63, 3.8) is 0 Å². The average Bonchev–Trinajstić information content (AvgIpc) is 2.60. The number of hydrogen-bond donors (Lipinski definition) is 3. The van der Waals surface area contributed by atoms with Crippen LogP contribution in [-0.4, -0.2) is 17.7 Å². The third-order valence-corrected chi connectivity index (χ3v) is 3.97. The normalized spacial score (nSPS) is 11.3. The van der Waals surface area contributed by atoms with Gasteiger partial charge in [-0.15, -0.1) is 0 Å². The van der Waals surface area contributed by atoms with E-state index in [1.165, 1.54) is 19.1 Å². The third-order valence-electron chi connectivity index (χ3n) is 3.46. The third kappa shape index (κ3) is 6.06. The smallest absolute Gasteiger partial charge is 0.269 e. The number of rotatable bonds is 5. The minimum Gasteiger partial charge on any atom is -0.349 e. The predicted octanol–water partition coefficient (Wildman–Crippen LogP) is 3.02. The molecule has 0 bridgehead atoms. The van der Waals surface area contributed by atoms with E-state index in [1.54, 1.807) is 36.4 Å². The fourth-order valence-electron chi connectivity index (χ4n) is 2.23. The second-order valence-corrected chi connectivity index (χ2v) is 6.39. The number of benzene rings is 2. The number of amides is 3. The molecular weight excluding hydrogens is 377 g/mol. The van der Waals surface area contributed by atoms with E-state index < -0.39 is 17.9 Å². The first-order valence-corrected chi connectivity index (χ1v) is 8.48. The van der Waals surface area contributed by atoms with Crippen LogP contribution in [-0.2, 0) is 9.59 Å². The summed E-state index contributed by atoms with van der Waals surface area (Å²) in [5, 5.41) is 3.76. The molecule has 0 saturated carbocycles. The fraction of sp³-hybridized carbons (Fsp3) is 0.167. The molecule has 0 aliphatic rings. The van der Waals surface area contributed by atoms with Crippen LogP contribution in [0.25, 0.3) is 0 Å². The Morgan fingerprint density at radius 1 is 0.885 bits per heavy atom. The van der Waals surface area contributed by atoms with Gasteiger partial charge >= 0.3 is 0 Å². The molecule has 2 rings (SSSR count). The Balaban J connectivity index is 1.96. The Morgan fingerprint density at radius 3 is 1.96 bits per heavy atom. The monoisotopic (exact) mass is 393 g/mol. The zero-order chi connectivity index (χ0) is 19.1. The Morgan fingerprint density at radius 2 is 1.42 bits per heavy atom. The van der Waals surface area contributed by atoms with Crippen LogP contribution in [0.2, 0.25) is 10.0 Å². The first-order valence-electron chi connectivity index (χ1n) is 7.72. The van der Waals surface area contributed by atoms with Crippen molar-refractivity contribution in [3.8, 4) is 0 Å². The van der Waals surface area contributed by atoms with Gasteiger partial charge < -0.3 is 5.32 Å². The molecule has 0 radical (unpaired) electrons. The van der Waals surface area contributed by atoms with Crippen molar-refractivity contribution in [3.05, 3.63) is 69.7 Å². The number of hydrogen-bond acceptors (Lipinski definition) is 3. The van der Waals surface area contributed by atoms with Crippen molar-refractivity contribution in [2.24, 2.45) is 0 Å². The molecule has 0 heterocycles. The molecular formula is C18H17Cl2N3O3. The molecule has 3 N–H and O–H groups in total. The standard InChI is InChI=1S/C18H17Cl2N3O3/c1-11(24)21-16(12-2-6-14(19)7-3-12)10-17(25)22-23-18(26)13-4-8-15(20)9-5-13/h2-9,16H,10H2,1H3,(H,21,24)(H,22,25)(H,23,26). The number of halogens is 2. The van der Waals surface area contributed by atoms with Crippen LogP contribution in [0.3, 0.4) is 0 Å². The highest BCUT2D eigenvalue weighted by molar-refractivity contribution is 6.30. The fourth-order valence-corrected chi connectivity index (χ4v) is 2.48. The number of hydrazine groups is 1. The largest absolute Gasteiger partial charge is 0.349 e. The van der Waals surface area contributed by atoms with E-state index in [0.717, 1.165) is 5.56 Å². The van der Waals surface area contributed by atoms with Crippen LogP contribution in [0.5, 0.6) is 0 Å². The van der Waals surface area contributed by atoms with Crippen LogP contribution in [0.15, 0.2) is 48.5 Å². The van der Waals surface area contributed by atoms with Crippen LogP contribution in [0.1, 0.15) is 35.3 Å². The van der Waals surface area contributed by atoms with Crippen LogP contribution >= 0.6 is 23.2 Å². The van der Waals surface area contributed by atoms with E-state index >= 15 is 0 Å². The number of carbonyl (C=O) groups excluding carboxylic acids is 3. The van der Waals surface area contributed by atoms with E-state index in [-0.39, 0.29) is 12.3 Å². The molecule has 6 nitrogen and oxygen atoms in total. The summed E-state index contributed by atoms with van der Waals surface area (Å²) in [5.41, 5.74) is 5.73. The van der Waals surface area contributed by atoms with Gasteiger partial charge in [0.15, 0.2) is 0 Å². The molecule has 0 saturated heterocycles. The van der Waals surface area contributed by atoms with Crippen LogP contribution in [0, 0.1) is 0 Å². The van der Waals surface area contributed by atoms with E-state index in [4.69, 9.17) is 23.2 Å². The molecule has 0 fully saturated rings. The molecule has 1 atom stereocenters. The highest BCUT2D eigenvalue weighted by Crippen LogP contribution is 2.19. The summed E-state index contributed by atoms with van der Waals surface area (Å²) in [5.74, 6) is -1.21. The predicted molar refractivity (Wildman–Crippen MR) is 99.7 cm³/mol. The summed E-state index contributed by atoms with van der Waals surface area (Å²) >= 11 is 11.6. The summed E-state index contributed by atoms with van der Waals surface area (Å²) in [6.07, 6.45) is -0.0535. The molecule has 0 aliphatic carbocycles. The van der Waals surface area contributed by atoms with Crippen molar-refractivity contribution in [2.45, 2.75) is 19.4 Å². The lowest BCUT2D eigenvalue weighted by Gasteiger charge is -2.18. The maximum Gasteiger partial charge on any atom is 0.269 e. The van der Waals surface area contributed by atoms with Crippen molar-refractivity contribution >= 4 is 40.9 Å². The minimum atomic E-state index is -0.544. The van der Waals surface area contributed by atoms with Gasteiger partial charge in [0, 0.05) is 22.5 Å². The second kappa shape index (κ2) is 9.22. The van der Waals surface area contributed by atoms with Gasteiger partial charge in [0.25, 0.3) is 5.91 Å². The molecule has 1 unspecified atom stereocenters. The molecule has 0 aliphatic heterocycles. The van der Waals surface area contributed by atoms with E-state index in [9.17, 15) is 14.4 Å². The lowest BCUT2D eigenvalue weighted by Crippen LogP contribution is -2.43. The SMILES string of the molecule is CC(=O)NC(CC(=O)NNC(=O)c1ccc(Cl)cc1)c1ccc(Cl)cc1. The van der Waals surface area contributed by atoms with Gasteiger partial charge in [-0.1, -0.05) is 35.3 Å². The van der Waals surface area contributed by atoms with Crippen molar-refractivity contribution in [1.82, 2.24) is 16.2 Å². The zero-order valence-corrected chi connectivity index (χ0v) is 15.4. The first-order chi connectivity index (χ1) is 12.3. The maximum absolute atomic E-state index is 12.1. The van der Waals surface area contributed by atoms with E-state index in [0.29, 0.717) is 15.6 Å². The lowest BCUT2D eigenvalue weighted by atomic mass is 10.0. The van der Waals surface area contributed by atoms with Crippen molar-refractivity contribution < 1.29 is 14.4 Å². The van der Waals surface area contributed by atoms with E-state index in [1.807, 2.05) is 0 Å². The Bertz CT molecular complexity index is 792. The summed E-state index contributed by atoms with van der Waals surface area (Å²) in [4.78, 5) is 35.5. The molecule has 8 heteroatoms. The van der Waals surface area contributed by atoms with Gasteiger partial charge in [-0.05, 0) is 42.0 Å². The molecule has 3 amide bonds. The average molecular weight is 394 g/mol. The molecule has 0 aromatic heterocycles. The quantitative estimate of drug-likeness (QED) is 0.682. The molecule has 2 aromatic rings. The van der Waals surface area contributed by atoms with Crippen molar-refractivity contribution in [1.29, 1.82) is 0 Å². The number of carbonyl (C=O) groups is 3. The minimum absolute atomic E-state index is 0.0535. The number of nitrogens with one attached hydrogen (secondary N) is 3. The highest BCUT2D eigenvalue weighted by atomic mass is 35.5. The molecule has 2 aromatic carbocycles. The van der Waals surface area contributed by atoms with Gasteiger partial charge in [-0.2, -0.15) is 0 Å². The second-order valence-electron chi connectivity index (χ2n) is 5.52. The zero-order valence-electron chi connectivity index (χ0n) is 13.9. The summed E-state index contributed by atoms with van der Waals surface area (Å²) in [6.45, 7) is 1.36. The molecule has 26 heavy (non-hydrogen) atoms. The molecule has 136 valence electrons. The van der Waals surface area contributed by atoms with Crippen molar-refractivity contribution in [2.75, 3.05) is 0 Å². The van der Waals surface area contributed by atoms with Crippen LogP contribution < -0.4 is 16.2 Å². The summed E-state index contributed by atoms with van der Waals surface area (Å²) < 4.78 is 0. The maximum atomic E-state index is 12.1. The van der Waals surface area contributed by atoms with E-state index in [2.05, 4.69) is 16.2 Å². The first kappa shape index (κ1) is 19.8. The van der Waals surface area contributed by atoms with Gasteiger partial charge in [0.05, 0.1) is 12.5 Å². The lowest BCUT2D eigenvalue weighted by molar-refractivity contribution is -0.123. The Labute approximate surface area is 160 Å². The van der Waals surface area contributed by atoms with Crippen LogP contribution in [0.4, 0.5) is 0 Å². The Kier molecular flexibility index (Phi) is 7.00. The van der Waals surface area contributed by atoms with Gasteiger partial charge in [-0.3, -0.25) is 25.2 Å². The topological polar surface area (TPSA) is 87.3 Å².